The molecule has 0 aliphatic heterocycles. The monoisotopic (exact) mass is 907 g/mol. The van der Waals surface area contributed by atoms with E-state index in [2.05, 4.69) is 36.6 Å². The van der Waals surface area contributed by atoms with Gasteiger partial charge in [-0.1, -0.05) is 55.0 Å². The molecule has 19 heteroatoms. The molecule has 0 aliphatic carbocycles. The number of para-hydroxylation sites is 2. The molecule has 6 amide bonds. The molecule has 5 aromatic rings. The highest BCUT2D eigenvalue weighted by molar-refractivity contribution is 5.97. The first-order valence-electron chi connectivity index (χ1n) is 22.1. The molecule has 2 aromatic heterocycles. The van der Waals surface area contributed by atoms with Crippen LogP contribution in [0.25, 0.3) is 21.8 Å². The average molecular weight is 908 g/mol. The van der Waals surface area contributed by atoms with Gasteiger partial charge in [-0.3, -0.25) is 28.8 Å². The van der Waals surface area contributed by atoms with Crippen LogP contribution in [0, 0.1) is 0 Å². The minimum atomic E-state index is -1.34. The molecule has 0 saturated heterocycles. The summed E-state index contributed by atoms with van der Waals surface area (Å²) >= 11 is 0. The fourth-order valence-corrected chi connectivity index (χ4v) is 7.67. The van der Waals surface area contributed by atoms with Gasteiger partial charge in [-0.2, -0.15) is 0 Å². The van der Waals surface area contributed by atoms with Gasteiger partial charge >= 0.3 is 0 Å². The van der Waals surface area contributed by atoms with Crippen LogP contribution in [0.4, 0.5) is 0 Å². The number of phenols is 1. The largest absolute Gasteiger partial charge is 0.508 e. The topological polar surface area (TPSA) is 336 Å². The molecule has 0 spiro atoms. The number of aromatic amines is 2. The molecular formula is C47H61N11O8. The number of aldehydes is 1. The molecule has 6 atom stereocenters. The van der Waals surface area contributed by atoms with Crippen LogP contribution in [0.15, 0.2) is 85.2 Å². The summed E-state index contributed by atoms with van der Waals surface area (Å²) in [5.41, 5.74) is 26.4. The van der Waals surface area contributed by atoms with Crippen molar-refractivity contribution in [3.05, 3.63) is 102 Å². The lowest BCUT2D eigenvalue weighted by Gasteiger charge is -2.27. The van der Waals surface area contributed by atoms with Crippen molar-refractivity contribution in [2.75, 3.05) is 13.1 Å². The first-order valence-corrected chi connectivity index (χ1v) is 22.1. The number of primary amides is 1. The van der Waals surface area contributed by atoms with E-state index in [1.54, 1.807) is 24.5 Å². The Morgan fingerprint density at radius 3 is 1.53 bits per heavy atom. The van der Waals surface area contributed by atoms with E-state index >= 15 is 0 Å². The van der Waals surface area contributed by atoms with E-state index in [1.165, 1.54) is 12.1 Å². The second-order valence-electron chi connectivity index (χ2n) is 16.3. The van der Waals surface area contributed by atoms with Gasteiger partial charge in [-0.15, -0.1) is 0 Å². The summed E-state index contributed by atoms with van der Waals surface area (Å²) < 4.78 is 0. The Hall–Kier alpha value is -7.09. The fourth-order valence-electron chi connectivity index (χ4n) is 7.67. The number of rotatable bonds is 27. The van der Waals surface area contributed by atoms with Crippen molar-refractivity contribution in [2.24, 2.45) is 22.9 Å². The lowest BCUT2D eigenvalue weighted by atomic mass is 9.99. The van der Waals surface area contributed by atoms with Crippen LogP contribution in [0.1, 0.15) is 61.6 Å². The zero-order valence-electron chi connectivity index (χ0n) is 36.7. The Labute approximate surface area is 381 Å². The quantitative estimate of drug-likeness (QED) is 0.0254. The standard InChI is InChI=1S/C47H61N11O8/c48-19-7-5-11-35(50)43(62)56-39(21-28-15-17-32(60)18-16-28)45(64)57-41(23-30-26-53-37-13-4-2-10-34(30)37)47(66)58-40(22-29-25-52-36-12-3-1-9-33(29)36)46(65)55-38(14-6-8-20-49)44(63)54-31(27-59)24-42(51)61/h1-4,9-10,12-13,15-18,25-27,31,35,38-41,52-53,60H,5-8,11,14,19-24,48-50H2,(H2,51,61)(H,54,63)(H,55,65)(H,56,62)(H,57,64)(H,58,66)/t31-,35-,38-,39-,40-,41-/m0/s1. The lowest BCUT2D eigenvalue weighted by Crippen LogP contribution is -2.60. The van der Waals surface area contributed by atoms with Crippen LogP contribution in [0.5, 0.6) is 5.75 Å². The van der Waals surface area contributed by atoms with Crippen molar-refractivity contribution in [3.63, 3.8) is 0 Å². The van der Waals surface area contributed by atoms with Gasteiger partial charge in [0.2, 0.25) is 35.4 Å². The molecule has 0 fully saturated rings. The van der Waals surface area contributed by atoms with E-state index < -0.39 is 78.1 Å². The zero-order chi connectivity index (χ0) is 47.6. The van der Waals surface area contributed by atoms with E-state index in [0.29, 0.717) is 68.2 Å². The molecule has 0 radical (unpaired) electrons. The smallest absolute Gasteiger partial charge is 0.243 e. The maximum absolute atomic E-state index is 14.8. The summed E-state index contributed by atoms with van der Waals surface area (Å²) in [6.45, 7) is 0.736. The molecule has 16 N–H and O–H groups in total. The Morgan fingerprint density at radius 2 is 1.03 bits per heavy atom. The number of nitrogens with one attached hydrogen (secondary N) is 7. The first kappa shape index (κ1) is 49.9. The number of aromatic nitrogens is 2. The van der Waals surface area contributed by atoms with Crippen molar-refractivity contribution >= 4 is 63.5 Å². The summed E-state index contributed by atoms with van der Waals surface area (Å²) in [4.78, 5) is 101. The summed E-state index contributed by atoms with van der Waals surface area (Å²) in [7, 11) is 0. The number of benzene rings is 3. The van der Waals surface area contributed by atoms with Crippen molar-refractivity contribution in [1.82, 2.24) is 36.6 Å². The van der Waals surface area contributed by atoms with Crippen LogP contribution < -0.4 is 49.5 Å². The van der Waals surface area contributed by atoms with E-state index in [0.717, 1.165) is 21.8 Å². The van der Waals surface area contributed by atoms with Crippen LogP contribution in [-0.2, 0) is 52.8 Å². The van der Waals surface area contributed by atoms with Gasteiger partial charge in [0, 0.05) is 53.5 Å². The number of fused-ring (bicyclic) bond motifs is 2. The normalized spacial score (nSPS) is 14.0. The summed E-state index contributed by atoms with van der Waals surface area (Å²) in [6.07, 6.45) is 5.80. The van der Waals surface area contributed by atoms with E-state index in [4.69, 9.17) is 22.9 Å². The van der Waals surface area contributed by atoms with Gasteiger partial charge in [0.15, 0.2) is 0 Å². The summed E-state index contributed by atoms with van der Waals surface area (Å²) in [6, 6.07) is 13.6. The molecule has 2 heterocycles. The molecule has 0 unspecified atom stereocenters. The minimum Gasteiger partial charge on any atom is -0.508 e. The fraction of sp³-hybridized carbons (Fsp3) is 0.383. The third-order valence-electron chi connectivity index (χ3n) is 11.3. The Kier molecular flexibility index (Phi) is 18.8. The summed E-state index contributed by atoms with van der Waals surface area (Å²) in [5, 5.41) is 25.2. The van der Waals surface area contributed by atoms with Gasteiger partial charge in [0.25, 0.3) is 0 Å². The second-order valence-corrected chi connectivity index (χ2v) is 16.3. The Balaban J connectivity index is 1.49. The van der Waals surface area contributed by atoms with Crippen molar-refractivity contribution in [1.29, 1.82) is 0 Å². The van der Waals surface area contributed by atoms with Gasteiger partial charge in [-0.05, 0) is 86.1 Å². The molecule has 352 valence electrons. The number of nitrogens with two attached hydrogens (primary N) is 4. The van der Waals surface area contributed by atoms with Gasteiger partial charge < -0.3 is 69.4 Å². The molecule has 5 rings (SSSR count). The van der Waals surface area contributed by atoms with Crippen LogP contribution >= 0.6 is 0 Å². The van der Waals surface area contributed by atoms with Crippen LogP contribution in [0.3, 0.4) is 0 Å². The van der Waals surface area contributed by atoms with Gasteiger partial charge in [0.1, 0.15) is 36.2 Å². The van der Waals surface area contributed by atoms with Crippen molar-refractivity contribution < 1.29 is 38.7 Å². The van der Waals surface area contributed by atoms with E-state index in [1.807, 2.05) is 48.5 Å². The molecular weight excluding hydrogens is 847 g/mol. The number of H-pyrrole nitrogens is 2. The highest BCUT2D eigenvalue weighted by Gasteiger charge is 2.33. The lowest BCUT2D eigenvalue weighted by molar-refractivity contribution is -0.135. The van der Waals surface area contributed by atoms with Crippen LogP contribution in [0.2, 0.25) is 0 Å². The number of carbonyl (C=O) groups excluding carboxylic acids is 7. The number of carbonyl (C=O) groups is 7. The predicted octanol–water partition coefficient (Wildman–Crippen LogP) is 0.466. The number of amides is 6. The third-order valence-corrected chi connectivity index (χ3v) is 11.3. The Bertz CT molecular complexity index is 2430. The first-order chi connectivity index (χ1) is 31.8. The number of hydrogen-bond acceptors (Lipinski definition) is 11. The zero-order valence-corrected chi connectivity index (χ0v) is 36.7. The predicted molar refractivity (Wildman–Crippen MR) is 249 cm³/mol. The van der Waals surface area contributed by atoms with Gasteiger partial charge in [0.05, 0.1) is 18.5 Å². The molecule has 0 aliphatic rings. The molecule has 0 bridgehead atoms. The Morgan fingerprint density at radius 1 is 0.576 bits per heavy atom. The number of aromatic hydroxyl groups is 1. The maximum atomic E-state index is 14.8. The highest BCUT2D eigenvalue weighted by atomic mass is 16.3. The van der Waals surface area contributed by atoms with Crippen LogP contribution in [-0.4, -0.2) is 106 Å². The number of unbranched alkanes of at least 4 members (excludes halogenated alkanes) is 2. The molecule has 66 heavy (non-hydrogen) atoms. The van der Waals surface area contributed by atoms with E-state index in [-0.39, 0.29) is 31.4 Å². The van der Waals surface area contributed by atoms with Gasteiger partial charge in [-0.25, -0.2) is 0 Å². The molecule has 19 nitrogen and oxygen atoms in total. The highest BCUT2D eigenvalue weighted by Crippen LogP contribution is 2.22. The summed E-state index contributed by atoms with van der Waals surface area (Å²) in [5.74, 6) is -4.38. The number of phenolic OH excluding ortho intramolecular Hbond substituents is 1. The van der Waals surface area contributed by atoms with Crippen molar-refractivity contribution in [2.45, 2.75) is 100 Å². The number of hydrogen-bond donors (Lipinski definition) is 12. The third kappa shape index (κ3) is 14.5. The minimum absolute atomic E-state index is 0.00292. The SMILES string of the molecule is NCCCC[C@H](NC(=O)[C@H](Cc1c[nH]c2ccccc12)NC(=O)[C@H](Cc1c[nH]c2ccccc12)NC(=O)[C@H](Cc1ccc(O)cc1)NC(=O)[C@@H](N)CCCCN)C(=O)N[C@H](C=O)CC(N)=O. The van der Waals surface area contributed by atoms with Crippen molar-refractivity contribution in [3.8, 4) is 5.75 Å². The molecule has 0 saturated carbocycles. The van der Waals surface area contributed by atoms with E-state index in [9.17, 15) is 38.7 Å². The molecule has 3 aromatic carbocycles. The second kappa shape index (κ2) is 24.8. The average Bonchev–Trinajstić information content (AvgIpc) is 3.91. The maximum Gasteiger partial charge on any atom is 0.243 e.